The zero-order valence-electron chi connectivity index (χ0n) is 11.4. The van der Waals surface area contributed by atoms with Crippen molar-refractivity contribution in [3.8, 4) is 0 Å². The highest BCUT2D eigenvalue weighted by molar-refractivity contribution is 7.92. The molecule has 0 bridgehead atoms. The van der Waals surface area contributed by atoms with Crippen LogP contribution in [0.2, 0.25) is 0 Å². The van der Waals surface area contributed by atoms with Crippen molar-refractivity contribution in [3.63, 3.8) is 0 Å². The van der Waals surface area contributed by atoms with Crippen LogP contribution >= 0.6 is 11.3 Å². The third kappa shape index (κ3) is 4.61. The fourth-order valence-corrected chi connectivity index (χ4v) is 3.36. The van der Waals surface area contributed by atoms with E-state index in [4.69, 9.17) is 5.11 Å². The number of hydrogen-bond donors (Lipinski definition) is 2. The van der Waals surface area contributed by atoms with Crippen LogP contribution in [0.3, 0.4) is 0 Å². The number of rotatable bonds is 6. The fourth-order valence-electron chi connectivity index (χ4n) is 1.56. The normalized spacial score (nSPS) is 13.2. The standard InChI is InChI=1S/C12H17NO5S2/c1-7(2)4-9(12(15)16)13-11(14)8-5-10(19-6-8)20(3,17)18/h5-7,9H,4H2,1-3H3,(H,13,14)(H,15,16). The number of carboxylic acid groups (broad SMARTS) is 1. The van der Waals surface area contributed by atoms with Gasteiger partial charge >= 0.3 is 5.97 Å². The molecule has 0 fully saturated rings. The van der Waals surface area contributed by atoms with E-state index >= 15 is 0 Å². The molecule has 1 atom stereocenters. The first kappa shape index (κ1) is 16.6. The summed E-state index contributed by atoms with van der Waals surface area (Å²) in [4.78, 5) is 23.0. The van der Waals surface area contributed by atoms with Crippen molar-refractivity contribution >= 4 is 33.1 Å². The lowest BCUT2D eigenvalue weighted by Gasteiger charge is -2.15. The van der Waals surface area contributed by atoms with Gasteiger partial charge in [0.05, 0.1) is 5.56 Å². The first-order valence-corrected chi connectivity index (χ1v) is 8.70. The maximum Gasteiger partial charge on any atom is 0.326 e. The molecule has 112 valence electrons. The molecule has 1 aromatic rings. The van der Waals surface area contributed by atoms with Crippen LogP contribution in [0.1, 0.15) is 30.6 Å². The lowest BCUT2D eigenvalue weighted by molar-refractivity contribution is -0.139. The topological polar surface area (TPSA) is 101 Å². The summed E-state index contributed by atoms with van der Waals surface area (Å²) < 4.78 is 22.7. The van der Waals surface area contributed by atoms with E-state index in [1.54, 1.807) is 0 Å². The van der Waals surface area contributed by atoms with Gasteiger partial charge in [-0.2, -0.15) is 0 Å². The fraction of sp³-hybridized carbons (Fsp3) is 0.500. The van der Waals surface area contributed by atoms with Crippen LogP contribution in [0, 0.1) is 5.92 Å². The SMILES string of the molecule is CC(C)CC(NC(=O)c1csc(S(C)(=O)=O)c1)C(=O)O. The molecular weight excluding hydrogens is 302 g/mol. The molecule has 0 saturated carbocycles. The quantitative estimate of drug-likeness (QED) is 0.825. The second-order valence-electron chi connectivity index (χ2n) is 4.92. The van der Waals surface area contributed by atoms with E-state index in [0.29, 0.717) is 6.42 Å². The van der Waals surface area contributed by atoms with Crippen LogP contribution < -0.4 is 5.32 Å². The molecular formula is C12H17NO5S2. The summed E-state index contributed by atoms with van der Waals surface area (Å²) in [5.41, 5.74) is 0.158. The second kappa shape index (κ2) is 6.36. The maximum absolute atomic E-state index is 11.9. The maximum atomic E-state index is 11.9. The molecule has 2 N–H and O–H groups in total. The minimum absolute atomic E-state index is 0.0818. The summed E-state index contributed by atoms with van der Waals surface area (Å²) in [7, 11) is -3.36. The number of sulfone groups is 1. The van der Waals surface area contributed by atoms with Gasteiger partial charge in [0.25, 0.3) is 5.91 Å². The Labute approximate surface area is 121 Å². The average Bonchev–Trinajstić information content (AvgIpc) is 2.75. The summed E-state index contributed by atoms with van der Waals surface area (Å²) in [6, 6.07) is 0.271. The Bertz CT molecular complexity index is 603. The number of thiophene rings is 1. The Hall–Kier alpha value is -1.41. The van der Waals surface area contributed by atoms with Crippen molar-refractivity contribution < 1.29 is 23.1 Å². The predicted molar refractivity (Wildman–Crippen MR) is 75.8 cm³/mol. The predicted octanol–water partition coefficient (Wildman–Crippen LogP) is 1.38. The molecule has 0 radical (unpaired) electrons. The van der Waals surface area contributed by atoms with E-state index in [-0.39, 0.29) is 15.7 Å². The summed E-state index contributed by atoms with van der Waals surface area (Å²) in [6.07, 6.45) is 1.36. The summed E-state index contributed by atoms with van der Waals surface area (Å²) in [5.74, 6) is -1.57. The van der Waals surface area contributed by atoms with Crippen LogP contribution in [-0.2, 0) is 14.6 Å². The number of carbonyl (C=O) groups is 2. The van der Waals surface area contributed by atoms with Gasteiger partial charge in [-0.25, -0.2) is 13.2 Å². The largest absolute Gasteiger partial charge is 0.480 e. The molecule has 0 aliphatic rings. The van der Waals surface area contributed by atoms with Crippen molar-refractivity contribution in [2.45, 2.75) is 30.5 Å². The van der Waals surface area contributed by atoms with Gasteiger partial charge in [0.15, 0.2) is 9.84 Å². The Morgan fingerprint density at radius 2 is 2.00 bits per heavy atom. The van der Waals surface area contributed by atoms with Gasteiger partial charge in [0.2, 0.25) is 0 Å². The Morgan fingerprint density at radius 1 is 1.40 bits per heavy atom. The highest BCUT2D eigenvalue weighted by atomic mass is 32.2. The molecule has 0 aromatic carbocycles. The van der Waals surface area contributed by atoms with Gasteiger partial charge in [0, 0.05) is 11.6 Å². The van der Waals surface area contributed by atoms with Crippen molar-refractivity contribution in [2.24, 2.45) is 5.92 Å². The second-order valence-corrected chi connectivity index (χ2v) is 8.07. The highest BCUT2D eigenvalue weighted by Gasteiger charge is 2.23. The third-order valence-electron chi connectivity index (χ3n) is 2.51. The molecule has 0 aliphatic carbocycles. The monoisotopic (exact) mass is 319 g/mol. The molecule has 0 saturated heterocycles. The van der Waals surface area contributed by atoms with Gasteiger partial charge in [-0.15, -0.1) is 11.3 Å². The van der Waals surface area contributed by atoms with Crippen molar-refractivity contribution in [2.75, 3.05) is 6.26 Å². The molecule has 1 unspecified atom stereocenters. The zero-order valence-corrected chi connectivity index (χ0v) is 13.0. The van der Waals surface area contributed by atoms with E-state index in [0.717, 1.165) is 17.6 Å². The number of carbonyl (C=O) groups excluding carboxylic acids is 1. The van der Waals surface area contributed by atoms with Crippen LogP contribution in [0.25, 0.3) is 0 Å². The number of amides is 1. The van der Waals surface area contributed by atoms with E-state index in [1.165, 1.54) is 11.4 Å². The number of carboxylic acids is 1. The molecule has 1 amide bonds. The van der Waals surface area contributed by atoms with Crippen molar-refractivity contribution in [1.82, 2.24) is 5.32 Å². The number of aliphatic carboxylic acids is 1. The van der Waals surface area contributed by atoms with E-state index in [2.05, 4.69) is 5.32 Å². The van der Waals surface area contributed by atoms with Gasteiger partial charge in [-0.05, 0) is 18.4 Å². The van der Waals surface area contributed by atoms with Gasteiger partial charge in [-0.1, -0.05) is 13.8 Å². The molecule has 8 heteroatoms. The van der Waals surface area contributed by atoms with Crippen LogP contribution in [0.15, 0.2) is 15.7 Å². The van der Waals surface area contributed by atoms with E-state index in [1.807, 2.05) is 13.8 Å². The first-order valence-electron chi connectivity index (χ1n) is 5.93. The summed E-state index contributed by atoms with van der Waals surface area (Å²) in [6.45, 7) is 3.71. The summed E-state index contributed by atoms with van der Waals surface area (Å²) >= 11 is 0.938. The van der Waals surface area contributed by atoms with Gasteiger partial charge in [0.1, 0.15) is 10.3 Å². The van der Waals surface area contributed by atoms with E-state index in [9.17, 15) is 18.0 Å². The molecule has 0 spiro atoms. The Morgan fingerprint density at radius 3 is 2.40 bits per heavy atom. The van der Waals surface area contributed by atoms with Gasteiger partial charge < -0.3 is 10.4 Å². The molecule has 0 aliphatic heterocycles. The minimum Gasteiger partial charge on any atom is -0.480 e. The molecule has 1 rings (SSSR count). The minimum atomic E-state index is -3.36. The lowest BCUT2D eigenvalue weighted by Crippen LogP contribution is -2.41. The molecule has 20 heavy (non-hydrogen) atoms. The Balaban J connectivity index is 2.84. The molecule has 1 aromatic heterocycles. The number of nitrogens with one attached hydrogen (secondary N) is 1. The molecule has 1 heterocycles. The summed E-state index contributed by atoms with van der Waals surface area (Å²) in [5, 5.41) is 12.8. The first-order chi connectivity index (χ1) is 9.11. The van der Waals surface area contributed by atoms with Crippen LogP contribution in [0.5, 0.6) is 0 Å². The lowest BCUT2D eigenvalue weighted by atomic mass is 10.0. The molecule has 6 nitrogen and oxygen atoms in total. The third-order valence-corrected chi connectivity index (χ3v) is 5.28. The van der Waals surface area contributed by atoms with Crippen molar-refractivity contribution in [1.29, 1.82) is 0 Å². The van der Waals surface area contributed by atoms with Crippen LogP contribution in [0.4, 0.5) is 0 Å². The highest BCUT2D eigenvalue weighted by Crippen LogP contribution is 2.20. The van der Waals surface area contributed by atoms with Crippen LogP contribution in [-0.4, -0.2) is 37.7 Å². The van der Waals surface area contributed by atoms with E-state index < -0.39 is 27.8 Å². The number of hydrogen-bond acceptors (Lipinski definition) is 5. The van der Waals surface area contributed by atoms with Crippen molar-refractivity contribution in [3.05, 3.63) is 17.0 Å². The zero-order chi connectivity index (χ0) is 15.5. The van der Waals surface area contributed by atoms with Gasteiger partial charge in [-0.3, -0.25) is 4.79 Å². The average molecular weight is 319 g/mol. The Kier molecular flexibility index (Phi) is 5.29. The smallest absolute Gasteiger partial charge is 0.326 e.